The number of rotatable bonds is 1. The van der Waals surface area contributed by atoms with Crippen LogP contribution >= 0.6 is 11.6 Å². The van der Waals surface area contributed by atoms with E-state index in [0.717, 1.165) is 5.59 Å². The molecule has 1 aliphatic rings. The molecule has 82 valence electrons. The fourth-order valence-electron chi connectivity index (χ4n) is 1.49. The molecule has 1 aliphatic heterocycles. The van der Waals surface area contributed by atoms with E-state index in [-0.39, 0.29) is 18.3 Å². The van der Waals surface area contributed by atoms with Crippen molar-refractivity contribution in [3.8, 4) is 0 Å². The Labute approximate surface area is 95.2 Å². The van der Waals surface area contributed by atoms with Gasteiger partial charge in [-0.1, -0.05) is 11.6 Å². The largest absolute Gasteiger partial charge is 0.512 e. The summed E-state index contributed by atoms with van der Waals surface area (Å²) in [5.74, 6) is 0. The van der Waals surface area contributed by atoms with Crippen LogP contribution in [0.1, 0.15) is 27.7 Å². The second-order valence-corrected chi connectivity index (χ2v) is 5.26. The van der Waals surface area contributed by atoms with Crippen molar-refractivity contribution in [3.63, 3.8) is 0 Å². The molecule has 1 saturated heterocycles. The summed E-state index contributed by atoms with van der Waals surface area (Å²) in [7, 11) is -0.359. The van der Waals surface area contributed by atoms with Gasteiger partial charge in [-0.05, 0) is 39.8 Å². The van der Waals surface area contributed by atoms with Gasteiger partial charge in [0.1, 0.15) is 5.15 Å². The fraction of sp³-hybridized carbons (Fsp3) is 0.600. The Hall–Kier alpha value is -0.445. The van der Waals surface area contributed by atoms with Gasteiger partial charge < -0.3 is 14.3 Å². The molecule has 0 unspecified atom stereocenters. The summed E-state index contributed by atoms with van der Waals surface area (Å²) < 4.78 is 11.7. The Balaban J connectivity index is 2.23. The summed E-state index contributed by atoms with van der Waals surface area (Å²) in [6.07, 6.45) is 0. The zero-order valence-corrected chi connectivity index (χ0v) is 10.2. The van der Waals surface area contributed by atoms with Crippen molar-refractivity contribution in [3.05, 3.63) is 17.3 Å². The molecule has 2 heterocycles. The van der Waals surface area contributed by atoms with Crippen LogP contribution in [0.2, 0.25) is 5.15 Å². The summed E-state index contributed by atoms with van der Waals surface area (Å²) >= 11 is 5.81. The SMILES string of the molecule is CC1(C)OB(c2ccc(Cl)[nH]2)OC1(C)C. The lowest BCUT2D eigenvalue weighted by Crippen LogP contribution is -2.41. The third-order valence-electron chi connectivity index (χ3n) is 3.18. The predicted octanol–water partition coefficient (Wildman–Crippen LogP) is 1.97. The van der Waals surface area contributed by atoms with E-state index < -0.39 is 0 Å². The van der Waals surface area contributed by atoms with Crippen molar-refractivity contribution in [2.75, 3.05) is 0 Å². The molecule has 1 N–H and O–H groups in total. The average Bonchev–Trinajstić information content (AvgIpc) is 2.56. The van der Waals surface area contributed by atoms with Crippen molar-refractivity contribution in [1.29, 1.82) is 0 Å². The van der Waals surface area contributed by atoms with Gasteiger partial charge in [0.25, 0.3) is 0 Å². The molecular formula is C10H15BClNO2. The molecule has 2 rings (SSSR count). The van der Waals surface area contributed by atoms with Crippen LogP contribution in [-0.4, -0.2) is 23.3 Å². The van der Waals surface area contributed by atoms with Crippen LogP contribution in [0, 0.1) is 0 Å². The molecular weight excluding hydrogens is 212 g/mol. The van der Waals surface area contributed by atoms with E-state index in [0.29, 0.717) is 5.15 Å². The second-order valence-electron chi connectivity index (χ2n) is 4.85. The van der Waals surface area contributed by atoms with Gasteiger partial charge in [0, 0.05) is 5.59 Å². The van der Waals surface area contributed by atoms with E-state index in [1.54, 1.807) is 6.07 Å². The number of H-pyrrole nitrogens is 1. The normalized spacial score (nSPS) is 23.4. The molecule has 1 aromatic rings. The highest BCUT2D eigenvalue weighted by Gasteiger charge is 2.52. The maximum absolute atomic E-state index is 5.85. The first kappa shape index (κ1) is 11.1. The van der Waals surface area contributed by atoms with Gasteiger partial charge in [-0.25, -0.2) is 0 Å². The molecule has 0 amide bonds. The lowest BCUT2D eigenvalue weighted by Gasteiger charge is -2.32. The number of hydrogen-bond acceptors (Lipinski definition) is 2. The molecule has 1 fully saturated rings. The number of nitrogens with one attached hydrogen (secondary N) is 1. The quantitative estimate of drug-likeness (QED) is 0.745. The van der Waals surface area contributed by atoms with Crippen LogP contribution in [0.15, 0.2) is 12.1 Å². The molecule has 0 aromatic carbocycles. The van der Waals surface area contributed by atoms with E-state index in [2.05, 4.69) is 4.98 Å². The molecule has 0 radical (unpaired) electrons. The number of aromatic nitrogens is 1. The van der Waals surface area contributed by atoms with E-state index in [4.69, 9.17) is 20.9 Å². The van der Waals surface area contributed by atoms with Crippen LogP contribution in [0.3, 0.4) is 0 Å². The standard InChI is InChI=1S/C10H15BClNO2/c1-9(2)10(3,4)15-11(14-9)7-5-6-8(12)13-7/h5-6,13H,1-4H3. The first-order valence-electron chi connectivity index (χ1n) is 5.02. The summed E-state index contributed by atoms with van der Waals surface area (Å²) in [5.41, 5.74) is 0.239. The number of halogens is 1. The molecule has 5 heteroatoms. The van der Waals surface area contributed by atoms with Crippen LogP contribution < -0.4 is 5.59 Å². The highest BCUT2D eigenvalue weighted by Crippen LogP contribution is 2.36. The van der Waals surface area contributed by atoms with Crippen molar-refractivity contribution in [2.24, 2.45) is 0 Å². The Morgan fingerprint density at radius 2 is 1.67 bits per heavy atom. The van der Waals surface area contributed by atoms with Gasteiger partial charge in [-0.2, -0.15) is 0 Å². The molecule has 0 atom stereocenters. The van der Waals surface area contributed by atoms with Crippen LogP contribution in [0.4, 0.5) is 0 Å². The van der Waals surface area contributed by atoms with Crippen molar-refractivity contribution < 1.29 is 9.31 Å². The minimum absolute atomic E-state index is 0.310. The third-order valence-corrected chi connectivity index (χ3v) is 3.40. The minimum Gasteiger partial charge on any atom is -0.398 e. The lowest BCUT2D eigenvalue weighted by molar-refractivity contribution is 0.00578. The highest BCUT2D eigenvalue weighted by molar-refractivity contribution is 6.61. The molecule has 0 bridgehead atoms. The van der Waals surface area contributed by atoms with Crippen molar-refractivity contribution in [1.82, 2.24) is 4.98 Å². The average molecular weight is 227 g/mol. The fourth-order valence-corrected chi connectivity index (χ4v) is 1.66. The van der Waals surface area contributed by atoms with E-state index in [1.165, 1.54) is 0 Å². The minimum atomic E-state index is -0.359. The Bertz CT molecular complexity index is 359. The topological polar surface area (TPSA) is 34.2 Å². The molecule has 0 saturated carbocycles. The summed E-state index contributed by atoms with van der Waals surface area (Å²) in [6.45, 7) is 8.10. The molecule has 0 spiro atoms. The number of hydrogen-bond donors (Lipinski definition) is 1. The van der Waals surface area contributed by atoms with Gasteiger partial charge in [0.05, 0.1) is 11.2 Å². The Morgan fingerprint density at radius 3 is 2.07 bits per heavy atom. The lowest BCUT2D eigenvalue weighted by atomic mass is 9.85. The molecule has 3 nitrogen and oxygen atoms in total. The Morgan fingerprint density at radius 1 is 1.13 bits per heavy atom. The maximum Gasteiger partial charge on any atom is 0.512 e. The molecule has 1 aromatic heterocycles. The predicted molar refractivity (Wildman–Crippen MR) is 61.5 cm³/mol. The van der Waals surface area contributed by atoms with Gasteiger partial charge in [-0.3, -0.25) is 0 Å². The van der Waals surface area contributed by atoms with Crippen molar-refractivity contribution >= 4 is 24.3 Å². The van der Waals surface area contributed by atoms with Crippen molar-refractivity contribution in [2.45, 2.75) is 38.9 Å². The molecule has 15 heavy (non-hydrogen) atoms. The second kappa shape index (κ2) is 3.27. The summed E-state index contributed by atoms with van der Waals surface area (Å²) in [5, 5.41) is 0.597. The smallest absolute Gasteiger partial charge is 0.398 e. The summed E-state index contributed by atoms with van der Waals surface area (Å²) in [4.78, 5) is 3.01. The van der Waals surface area contributed by atoms with Crippen LogP contribution in [0.25, 0.3) is 0 Å². The van der Waals surface area contributed by atoms with Crippen LogP contribution in [0.5, 0.6) is 0 Å². The monoisotopic (exact) mass is 227 g/mol. The number of aromatic amines is 1. The first-order chi connectivity index (χ1) is 6.82. The highest BCUT2D eigenvalue weighted by atomic mass is 35.5. The first-order valence-corrected chi connectivity index (χ1v) is 5.40. The molecule has 0 aliphatic carbocycles. The van der Waals surface area contributed by atoms with E-state index in [1.807, 2.05) is 33.8 Å². The zero-order valence-electron chi connectivity index (χ0n) is 9.43. The van der Waals surface area contributed by atoms with Gasteiger partial charge >= 0.3 is 7.12 Å². The van der Waals surface area contributed by atoms with Crippen LogP contribution in [-0.2, 0) is 9.31 Å². The Kier molecular flexibility index (Phi) is 2.41. The van der Waals surface area contributed by atoms with Gasteiger partial charge in [0.2, 0.25) is 0 Å². The van der Waals surface area contributed by atoms with Gasteiger partial charge in [0.15, 0.2) is 0 Å². The summed E-state index contributed by atoms with van der Waals surface area (Å²) in [6, 6.07) is 3.67. The zero-order chi connectivity index (χ0) is 11.3. The van der Waals surface area contributed by atoms with E-state index in [9.17, 15) is 0 Å². The maximum atomic E-state index is 5.85. The van der Waals surface area contributed by atoms with Gasteiger partial charge in [-0.15, -0.1) is 0 Å². The van der Waals surface area contributed by atoms with E-state index >= 15 is 0 Å². The third kappa shape index (κ3) is 1.82.